The number of benzene rings is 2. The number of amides is 2. The van der Waals surface area contributed by atoms with Crippen LogP contribution in [0.4, 0.5) is 10.5 Å². The number of aromatic hydroxyl groups is 1. The molecule has 5 nitrogen and oxygen atoms in total. The maximum atomic E-state index is 12.4. The van der Waals surface area contributed by atoms with Crippen LogP contribution in [0.1, 0.15) is 5.56 Å². The van der Waals surface area contributed by atoms with Gasteiger partial charge in [-0.1, -0.05) is 40.2 Å². The molecule has 2 aromatic carbocycles. The number of phenolic OH excluding ortho intramolecular Hbond substituents is 1. The summed E-state index contributed by atoms with van der Waals surface area (Å²) in [4.78, 5) is 25.9. The predicted octanol–water partition coefficient (Wildman–Crippen LogP) is 4.26. The number of phenols is 1. The van der Waals surface area contributed by atoms with Crippen molar-refractivity contribution >= 4 is 50.6 Å². The number of imide groups is 1. The molecule has 2 aromatic rings. The lowest BCUT2D eigenvalue weighted by atomic mass is 10.2. The minimum atomic E-state index is -0.379. The number of carbonyl (C=O) groups is 2. The van der Waals surface area contributed by atoms with Gasteiger partial charge in [-0.2, -0.15) is 0 Å². The number of hydrogen-bond acceptors (Lipinski definition) is 5. The Balaban J connectivity index is 1.73. The molecule has 0 aliphatic carbocycles. The van der Waals surface area contributed by atoms with Gasteiger partial charge in [0.1, 0.15) is 5.75 Å². The third-order valence-electron chi connectivity index (χ3n) is 3.36. The normalized spacial score (nSPS) is 16.0. The van der Waals surface area contributed by atoms with Crippen LogP contribution >= 0.6 is 27.7 Å². The van der Waals surface area contributed by atoms with Crippen LogP contribution in [0.25, 0.3) is 6.08 Å². The third-order valence-corrected chi connectivity index (χ3v) is 4.76. The fourth-order valence-electron chi connectivity index (χ4n) is 2.16. The first-order valence-corrected chi connectivity index (χ1v) is 8.68. The molecule has 1 aliphatic heterocycles. The van der Waals surface area contributed by atoms with E-state index in [0.717, 1.165) is 26.8 Å². The molecule has 0 radical (unpaired) electrons. The van der Waals surface area contributed by atoms with E-state index in [2.05, 4.69) is 21.2 Å². The van der Waals surface area contributed by atoms with Crippen molar-refractivity contribution in [3.8, 4) is 5.75 Å². The monoisotopic (exact) mass is 404 g/mol. The van der Waals surface area contributed by atoms with E-state index in [4.69, 9.17) is 0 Å². The summed E-state index contributed by atoms with van der Waals surface area (Å²) in [5.41, 5.74) is 1.30. The highest BCUT2D eigenvalue weighted by Gasteiger charge is 2.34. The average molecular weight is 405 g/mol. The molecule has 0 bridgehead atoms. The molecule has 2 amide bonds. The summed E-state index contributed by atoms with van der Waals surface area (Å²) in [6.07, 6.45) is 1.53. The van der Waals surface area contributed by atoms with Gasteiger partial charge in [0, 0.05) is 15.7 Å². The Labute approximate surface area is 151 Å². The highest BCUT2D eigenvalue weighted by atomic mass is 79.9. The molecule has 1 heterocycles. The lowest BCUT2D eigenvalue weighted by Crippen LogP contribution is -2.33. The molecule has 3 rings (SSSR count). The van der Waals surface area contributed by atoms with E-state index in [9.17, 15) is 14.7 Å². The zero-order valence-corrected chi connectivity index (χ0v) is 14.8. The fraction of sp³-hybridized carbons (Fsp3) is 0.0588. The summed E-state index contributed by atoms with van der Waals surface area (Å²) in [5, 5.41) is 12.5. The van der Waals surface area contributed by atoms with Crippen molar-refractivity contribution in [2.24, 2.45) is 0 Å². The summed E-state index contributed by atoms with van der Waals surface area (Å²) in [6, 6.07) is 14.1. The Kier molecular flexibility index (Phi) is 4.92. The van der Waals surface area contributed by atoms with E-state index in [1.165, 1.54) is 12.1 Å². The van der Waals surface area contributed by atoms with E-state index in [0.29, 0.717) is 5.56 Å². The number of carbonyl (C=O) groups excluding carboxylic acids is 2. The number of thioether (sulfide) groups is 1. The van der Waals surface area contributed by atoms with Crippen molar-refractivity contribution in [2.75, 3.05) is 12.0 Å². The van der Waals surface area contributed by atoms with Gasteiger partial charge in [-0.3, -0.25) is 14.5 Å². The zero-order valence-electron chi connectivity index (χ0n) is 12.4. The average Bonchev–Trinajstić information content (AvgIpc) is 2.82. The maximum absolute atomic E-state index is 12.4. The summed E-state index contributed by atoms with van der Waals surface area (Å²) in [7, 11) is 0. The first kappa shape index (κ1) is 16.6. The highest BCUT2D eigenvalue weighted by Crippen LogP contribution is 2.33. The molecular formula is C17H13BrN2O3S. The lowest BCUT2D eigenvalue weighted by molar-refractivity contribution is -0.122. The van der Waals surface area contributed by atoms with Crippen molar-refractivity contribution in [1.29, 1.82) is 0 Å². The summed E-state index contributed by atoms with van der Waals surface area (Å²) < 4.78 is 0.904. The van der Waals surface area contributed by atoms with E-state index in [1.54, 1.807) is 18.2 Å². The zero-order chi connectivity index (χ0) is 17.1. The van der Waals surface area contributed by atoms with Gasteiger partial charge in [0.2, 0.25) is 0 Å². The lowest BCUT2D eigenvalue weighted by Gasteiger charge is -2.14. The summed E-state index contributed by atoms with van der Waals surface area (Å²) in [5.74, 6) is -0.313. The van der Waals surface area contributed by atoms with Crippen LogP contribution < -0.4 is 5.32 Å². The van der Waals surface area contributed by atoms with Crippen LogP contribution in [-0.2, 0) is 4.79 Å². The largest absolute Gasteiger partial charge is 0.507 e. The number of nitrogens with one attached hydrogen (secondary N) is 1. The van der Waals surface area contributed by atoms with Gasteiger partial charge < -0.3 is 10.4 Å². The molecule has 24 heavy (non-hydrogen) atoms. The van der Waals surface area contributed by atoms with Crippen molar-refractivity contribution < 1.29 is 14.7 Å². The molecule has 1 fully saturated rings. The maximum Gasteiger partial charge on any atom is 0.295 e. The Hall–Kier alpha value is -2.25. The molecule has 0 atom stereocenters. The van der Waals surface area contributed by atoms with Crippen LogP contribution in [-0.4, -0.2) is 27.8 Å². The first-order chi connectivity index (χ1) is 11.5. The number of halogens is 1. The molecule has 1 saturated heterocycles. The van der Waals surface area contributed by atoms with Crippen LogP contribution in [0.2, 0.25) is 0 Å². The first-order valence-electron chi connectivity index (χ1n) is 7.07. The Morgan fingerprint density at radius 2 is 1.96 bits per heavy atom. The fourth-order valence-corrected chi connectivity index (χ4v) is 3.38. The molecule has 2 N–H and O–H groups in total. The number of para-hydroxylation sites is 1. The molecule has 7 heteroatoms. The number of rotatable bonds is 4. The van der Waals surface area contributed by atoms with E-state index >= 15 is 0 Å². The minimum absolute atomic E-state index is 0.0663. The van der Waals surface area contributed by atoms with E-state index in [1.807, 2.05) is 24.3 Å². The quantitative estimate of drug-likeness (QED) is 0.744. The molecule has 0 aromatic heterocycles. The second-order valence-electron chi connectivity index (χ2n) is 5.01. The number of anilines is 1. The highest BCUT2D eigenvalue weighted by molar-refractivity contribution is 9.10. The van der Waals surface area contributed by atoms with Crippen LogP contribution in [0, 0.1) is 0 Å². The van der Waals surface area contributed by atoms with Crippen molar-refractivity contribution in [3.63, 3.8) is 0 Å². The summed E-state index contributed by atoms with van der Waals surface area (Å²) >= 11 is 4.23. The smallest absolute Gasteiger partial charge is 0.295 e. The van der Waals surface area contributed by atoms with Gasteiger partial charge in [0.15, 0.2) is 0 Å². The van der Waals surface area contributed by atoms with Gasteiger partial charge in [-0.05, 0) is 42.1 Å². The minimum Gasteiger partial charge on any atom is -0.507 e. The Morgan fingerprint density at radius 1 is 1.17 bits per heavy atom. The molecule has 122 valence electrons. The van der Waals surface area contributed by atoms with Gasteiger partial charge in [0.05, 0.1) is 11.6 Å². The molecule has 0 spiro atoms. The van der Waals surface area contributed by atoms with Crippen molar-refractivity contribution in [1.82, 2.24) is 4.90 Å². The van der Waals surface area contributed by atoms with Crippen molar-refractivity contribution in [3.05, 3.63) is 63.5 Å². The van der Waals surface area contributed by atoms with E-state index in [-0.39, 0.29) is 28.5 Å². The van der Waals surface area contributed by atoms with Gasteiger partial charge in [-0.25, -0.2) is 0 Å². The topological polar surface area (TPSA) is 69.6 Å². The van der Waals surface area contributed by atoms with Crippen LogP contribution in [0.3, 0.4) is 0 Å². The Bertz CT molecular complexity index is 838. The van der Waals surface area contributed by atoms with Crippen LogP contribution in [0.5, 0.6) is 5.75 Å². The SMILES string of the molecule is O=C1SC(=Cc2ccccc2O)C(=O)N1CNc1cccc(Br)c1. The van der Waals surface area contributed by atoms with Crippen LogP contribution in [0.15, 0.2) is 57.9 Å². The van der Waals surface area contributed by atoms with Gasteiger partial charge in [0.25, 0.3) is 11.1 Å². The standard InChI is InChI=1S/C17H13BrN2O3S/c18-12-5-3-6-13(9-12)19-10-20-16(22)15(24-17(20)23)8-11-4-1-2-7-14(11)21/h1-9,19,21H,10H2. The van der Waals surface area contributed by atoms with Crippen molar-refractivity contribution in [2.45, 2.75) is 0 Å². The van der Waals surface area contributed by atoms with Gasteiger partial charge in [-0.15, -0.1) is 0 Å². The van der Waals surface area contributed by atoms with Gasteiger partial charge >= 0.3 is 0 Å². The Morgan fingerprint density at radius 3 is 2.71 bits per heavy atom. The number of hydrogen-bond donors (Lipinski definition) is 2. The number of nitrogens with zero attached hydrogens (tertiary/aromatic N) is 1. The third kappa shape index (κ3) is 3.63. The second kappa shape index (κ2) is 7.11. The molecule has 1 aliphatic rings. The predicted molar refractivity (Wildman–Crippen MR) is 98.5 cm³/mol. The molecular weight excluding hydrogens is 392 g/mol. The molecule has 0 unspecified atom stereocenters. The second-order valence-corrected chi connectivity index (χ2v) is 6.92. The molecule has 0 saturated carbocycles. The van der Waals surface area contributed by atoms with E-state index < -0.39 is 0 Å². The summed E-state index contributed by atoms with van der Waals surface area (Å²) in [6.45, 7) is 0.0826.